The van der Waals surface area contributed by atoms with E-state index in [1.165, 1.54) is 23.9 Å². The third kappa shape index (κ3) is 4.08. The highest BCUT2D eigenvalue weighted by Gasteiger charge is 2.22. The van der Waals surface area contributed by atoms with Crippen molar-refractivity contribution in [1.82, 2.24) is 19.8 Å². The molecule has 1 amide bonds. The molecule has 0 spiro atoms. The van der Waals surface area contributed by atoms with Gasteiger partial charge in [0, 0.05) is 76.4 Å². The van der Waals surface area contributed by atoms with Gasteiger partial charge in [0.05, 0.1) is 5.52 Å². The van der Waals surface area contributed by atoms with E-state index < -0.39 is 0 Å². The van der Waals surface area contributed by atoms with Crippen molar-refractivity contribution >= 4 is 28.3 Å². The number of anilines is 2. The van der Waals surface area contributed by atoms with E-state index >= 15 is 0 Å². The largest absolute Gasteiger partial charge is 0.369 e. The second-order valence-electron chi connectivity index (χ2n) is 8.76. The summed E-state index contributed by atoms with van der Waals surface area (Å²) in [6.07, 6.45) is 7.14. The monoisotopic (exact) mass is 408 g/mol. The van der Waals surface area contributed by atoms with Crippen LogP contribution >= 0.6 is 0 Å². The van der Waals surface area contributed by atoms with Gasteiger partial charge >= 0.3 is 0 Å². The molecular formula is C23H32N6O. The Morgan fingerprint density at radius 2 is 1.60 bits per heavy atom. The van der Waals surface area contributed by atoms with E-state index in [0.717, 1.165) is 89.5 Å². The Bertz CT molecular complexity index is 888. The molecule has 2 aromatic rings. The van der Waals surface area contributed by atoms with E-state index in [-0.39, 0.29) is 0 Å². The Hall–Kier alpha value is -2.41. The van der Waals surface area contributed by atoms with E-state index in [2.05, 4.69) is 47.8 Å². The van der Waals surface area contributed by atoms with Crippen LogP contribution in [0, 0.1) is 0 Å². The van der Waals surface area contributed by atoms with Crippen molar-refractivity contribution in [2.75, 3.05) is 68.7 Å². The predicted molar refractivity (Wildman–Crippen MR) is 120 cm³/mol. The third-order valence-corrected chi connectivity index (χ3v) is 6.85. The molecule has 3 aliphatic heterocycles. The van der Waals surface area contributed by atoms with Gasteiger partial charge in [-0.05, 0) is 43.9 Å². The minimum Gasteiger partial charge on any atom is -0.369 e. The number of carbonyl (C=O) groups excluding carboxylic acids is 1. The maximum absolute atomic E-state index is 12.0. The van der Waals surface area contributed by atoms with Crippen LogP contribution in [0.15, 0.2) is 24.5 Å². The zero-order chi connectivity index (χ0) is 20.3. The van der Waals surface area contributed by atoms with Crippen LogP contribution in [0.1, 0.15) is 32.1 Å². The van der Waals surface area contributed by atoms with Gasteiger partial charge in [0.2, 0.25) is 5.91 Å². The fraction of sp³-hybridized carbons (Fsp3) is 0.609. The fourth-order valence-electron chi connectivity index (χ4n) is 5.00. The van der Waals surface area contributed by atoms with E-state index in [0.29, 0.717) is 5.91 Å². The Labute approximate surface area is 178 Å². The van der Waals surface area contributed by atoms with Crippen LogP contribution in [0.25, 0.3) is 10.9 Å². The standard InChI is InChI=1S/C23H32N6O/c30-22-5-1-2-8-28(22)16-13-26-11-14-27(15-12-26)19-6-7-21-20(17-19)23(25-18-24-21)29-9-3-4-10-29/h6-7,17-18H,1-5,8-16H2. The van der Waals surface area contributed by atoms with E-state index in [4.69, 9.17) is 0 Å². The SMILES string of the molecule is O=C1CCCCN1CCN1CCN(c2ccc3ncnc(N4CCCC4)c3c2)CC1. The number of fused-ring (bicyclic) bond motifs is 1. The van der Waals surface area contributed by atoms with Gasteiger partial charge in [-0.2, -0.15) is 0 Å². The number of aromatic nitrogens is 2. The van der Waals surface area contributed by atoms with Crippen molar-refractivity contribution in [2.45, 2.75) is 32.1 Å². The van der Waals surface area contributed by atoms with E-state index in [1.807, 2.05) is 0 Å². The molecule has 1 aromatic carbocycles. The van der Waals surface area contributed by atoms with E-state index in [1.54, 1.807) is 6.33 Å². The molecule has 0 N–H and O–H groups in total. The molecule has 5 rings (SSSR count). The zero-order valence-corrected chi connectivity index (χ0v) is 17.8. The molecule has 7 heteroatoms. The van der Waals surface area contributed by atoms with Crippen LogP contribution < -0.4 is 9.80 Å². The summed E-state index contributed by atoms with van der Waals surface area (Å²) >= 11 is 0. The van der Waals surface area contributed by atoms with Crippen molar-refractivity contribution in [1.29, 1.82) is 0 Å². The number of nitrogens with zero attached hydrogens (tertiary/aromatic N) is 6. The minimum absolute atomic E-state index is 0.340. The first kappa shape index (κ1) is 19.5. The van der Waals surface area contributed by atoms with Gasteiger partial charge in [-0.1, -0.05) is 0 Å². The smallest absolute Gasteiger partial charge is 0.222 e. The number of hydrogen-bond acceptors (Lipinski definition) is 6. The summed E-state index contributed by atoms with van der Waals surface area (Å²) < 4.78 is 0. The molecule has 3 aliphatic rings. The quantitative estimate of drug-likeness (QED) is 0.757. The summed E-state index contributed by atoms with van der Waals surface area (Å²) in [5, 5.41) is 1.17. The van der Waals surface area contributed by atoms with Crippen LogP contribution in [0.3, 0.4) is 0 Å². The van der Waals surface area contributed by atoms with Gasteiger partial charge in [-0.3, -0.25) is 9.69 Å². The lowest BCUT2D eigenvalue weighted by molar-refractivity contribution is -0.133. The van der Waals surface area contributed by atoms with Crippen molar-refractivity contribution in [3.05, 3.63) is 24.5 Å². The predicted octanol–water partition coefficient (Wildman–Crippen LogP) is 2.36. The summed E-state index contributed by atoms with van der Waals surface area (Å²) in [6, 6.07) is 6.62. The Morgan fingerprint density at radius 1 is 0.800 bits per heavy atom. The van der Waals surface area contributed by atoms with Gasteiger partial charge < -0.3 is 14.7 Å². The summed E-state index contributed by atoms with van der Waals surface area (Å²) in [4.78, 5) is 30.6. The molecule has 3 fully saturated rings. The van der Waals surface area contributed by atoms with Gasteiger partial charge in [0.1, 0.15) is 12.1 Å². The molecule has 160 valence electrons. The molecule has 3 saturated heterocycles. The highest BCUT2D eigenvalue weighted by Crippen LogP contribution is 2.30. The zero-order valence-electron chi connectivity index (χ0n) is 17.8. The topological polar surface area (TPSA) is 55.8 Å². The van der Waals surface area contributed by atoms with E-state index in [9.17, 15) is 4.79 Å². The average Bonchev–Trinajstić information content (AvgIpc) is 3.33. The molecule has 0 saturated carbocycles. The number of likely N-dealkylation sites (tertiary alicyclic amines) is 1. The molecule has 0 atom stereocenters. The fourth-order valence-corrected chi connectivity index (χ4v) is 5.00. The molecular weight excluding hydrogens is 376 g/mol. The highest BCUT2D eigenvalue weighted by atomic mass is 16.2. The van der Waals surface area contributed by atoms with Crippen molar-refractivity contribution < 1.29 is 4.79 Å². The van der Waals surface area contributed by atoms with Crippen LogP contribution in [-0.2, 0) is 4.79 Å². The normalized spacial score (nSPS) is 21.1. The first-order valence-corrected chi connectivity index (χ1v) is 11.5. The molecule has 0 aliphatic carbocycles. The Balaban J connectivity index is 1.22. The molecule has 30 heavy (non-hydrogen) atoms. The number of carbonyl (C=O) groups is 1. The summed E-state index contributed by atoms with van der Waals surface area (Å²) in [5.41, 5.74) is 2.30. The number of amides is 1. The molecule has 0 unspecified atom stereocenters. The maximum Gasteiger partial charge on any atom is 0.222 e. The Kier molecular flexibility index (Phi) is 5.71. The maximum atomic E-state index is 12.0. The minimum atomic E-state index is 0.340. The number of rotatable bonds is 5. The van der Waals surface area contributed by atoms with Crippen molar-refractivity contribution in [3.8, 4) is 0 Å². The first-order chi connectivity index (χ1) is 14.8. The number of piperidine rings is 1. The third-order valence-electron chi connectivity index (χ3n) is 6.85. The first-order valence-electron chi connectivity index (χ1n) is 11.5. The van der Waals surface area contributed by atoms with Crippen LogP contribution in [-0.4, -0.2) is 84.6 Å². The van der Waals surface area contributed by atoms with Crippen molar-refractivity contribution in [2.24, 2.45) is 0 Å². The molecule has 0 radical (unpaired) electrons. The average molecular weight is 409 g/mol. The number of hydrogen-bond donors (Lipinski definition) is 0. The van der Waals surface area contributed by atoms with Crippen LogP contribution in [0.2, 0.25) is 0 Å². The van der Waals surface area contributed by atoms with Crippen LogP contribution in [0.5, 0.6) is 0 Å². The van der Waals surface area contributed by atoms with Gasteiger partial charge in [-0.15, -0.1) is 0 Å². The lowest BCUT2D eigenvalue weighted by Gasteiger charge is -2.37. The Morgan fingerprint density at radius 3 is 2.40 bits per heavy atom. The van der Waals surface area contributed by atoms with Gasteiger partial charge in [0.25, 0.3) is 0 Å². The number of piperazine rings is 1. The van der Waals surface area contributed by atoms with Crippen molar-refractivity contribution in [3.63, 3.8) is 0 Å². The summed E-state index contributed by atoms with van der Waals surface area (Å²) in [5.74, 6) is 1.43. The lowest BCUT2D eigenvalue weighted by Crippen LogP contribution is -2.49. The van der Waals surface area contributed by atoms with Gasteiger partial charge in [0.15, 0.2) is 0 Å². The van der Waals surface area contributed by atoms with Gasteiger partial charge in [-0.25, -0.2) is 9.97 Å². The second kappa shape index (κ2) is 8.76. The second-order valence-corrected chi connectivity index (χ2v) is 8.76. The molecule has 0 bridgehead atoms. The lowest BCUT2D eigenvalue weighted by atomic mass is 10.1. The highest BCUT2D eigenvalue weighted by molar-refractivity contribution is 5.92. The number of benzene rings is 1. The van der Waals surface area contributed by atoms with Crippen LogP contribution in [0.4, 0.5) is 11.5 Å². The molecule has 1 aromatic heterocycles. The summed E-state index contributed by atoms with van der Waals surface area (Å²) in [7, 11) is 0. The molecule has 7 nitrogen and oxygen atoms in total. The molecule has 4 heterocycles. The summed E-state index contributed by atoms with van der Waals surface area (Å²) in [6.45, 7) is 9.13.